The fourth-order valence-electron chi connectivity index (χ4n) is 2.49. The number of hydrogen-bond acceptors (Lipinski definition) is 2. The number of carbonyl (C=O) groups is 2. The molecule has 1 unspecified atom stereocenters. The lowest BCUT2D eigenvalue weighted by Gasteiger charge is -2.37. The van der Waals surface area contributed by atoms with Gasteiger partial charge in [-0.15, -0.1) is 0 Å². The zero-order valence-corrected chi connectivity index (χ0v) is 12.6. The Balaban J connectivity index is 2.20. The van der Waals surface area contributed by atoms with E-state index in [0.717, 1.165) is 10.9 Å². The van der Waals surface area contributed by atoms with E-state index in [2.05, 4.69) is 15.9 Å². The standard InChI is InChI=1S/C13H17BrN2O3/c1-13(12(18)19)4-3-5-16(8-13)11(17)10-6-9(14)7-15(10)2/h6-7H,3-5,8H2,1-2H3,(H,18,19). The number of piperidine rings is 1. The van der Waals surface area contributed by atoms with Gasteiger partial charge in [0.15, 0.2) is 0 Å². The van der Waals surface area contributed by atoms with Crippen LogP contribution in [0.25, 0.3) is 0 Å². The second-order valence-electron chi connectivity index (χ2n) is 5.35. The zero-order chi connectivity index (χ0) is 14.2. The smallest absolute Gasteiger partial charge is 0.311 e. The van der Waals surface area contributed by atoms with Crippen molar-refractivity contribution >= 4 is 27.8 Å². The van der Waals surface area contributed by atoms with Crippen LogP contribution in [0.4, 0.5) is 0 Å². The van der Waals surface area contributed by atoms with E-state index in [0.29, 0.717) is 18.7 Å². The van der Waals surface area contributed by atoms with Crippen molar-refractivity contribution in [1.82, 2.24) is 9.47 Å². The molecule has 19 heavy (non-hydrogen) atoms. The van der Waals surface area contributed by atoms with Crippen molar-refractivity contribution in [3.05, 3.63) is 22.4 Å². The Morgan fingerprint density at radius 3 is 2.68 bits per heavy atom. The lowest BCUT2D eigenvalue weighted by molar-refractivity contribution is -0.150. The van der Waals surface area contributed by atoms with Crippen molar-refractivity contribution in [2.75, 3.05) is 13.1 Å². The average Bonchev–Trinajstić information content (AvgIpc) is 2.67. The van der Waals surface area contributed by atoms with Crippen LogP contribution in [-0.4, -0.2) is 39.5 Å². The monoisotopic (exact) mass is 328 g/mol. The number of hydrogen-bond donors (Lipinski definition) is 1. The summed E-state index contributed by atoms with van der Waals surface area (Å²) in [5.41, 5.74) is -0.266. The predicted octanol–water partition coefficient (Wildman–Crippen LogP) is 2.11. The van der Waals surface area contributed by atoms with Gasteiger partial charge in [0.25, 0.3) is 5.91 Å². The molecule has 0 aromatic carbocycles. The molecule has 1 aliphatic rings. The van der Waals surface area contributed by atoms with Gasteiger partial charge in [0.05, 0.1) is 5.41 Å². The third kappa shape index (κ3) is 2.68. The molecule has 1 saturated heterocycles. The van der Waals surface area contributed by atoms with E-state index in [-0.39, 0.29) is 12.5 Å². The first kappa shape index (κ1) is 14.1. The molecule has 1 N–H and O–H groups in total. The summed E-state index contributed by atoms with van der Waals surface area (Å²) >= 11 is 3.34. The summed E-state index contributed by atoms with van der Waals surface area (Å²) in [6, 6.07) is 1.76. The lowest BCUT2D eigenvalue weighted by atomic mass is 9.82. The van der Waals surface area contributed by atoms with Gasteiger partial charge in [-0.05, 0) is 41.8 Å². The van der Waals surface area contributed by atoms with Crippen LogP contribution in [0.15, 0.2) is 16.7 Å². The van der Waals surface area contributed by atoms with Crippen LogP contribution in [0.5, 0.6) is 0 Å². The largest absolute Gasteiger partial charge is 0.481 e. The first-order valence-electron chi connectivity index (χ1n) is 6.18. The Kier molecular flexibility index (Phi) is 3.71. The first-order valence-corrected chi connectivity index (χ1v) is 6.97. The van der Waals surface area contributed by atoms with Crippen LogP contribution in [0, 0.1) is 5.41 Å². The Hall–Kier alpha value is -1.30. The number of aliphatic carboxylic acids is 1. The summed E-state index contributed by atoms with van der Waals surface area (Å²) in [7, 11) is 1.80. The topological polar surface area (TPSA) is 62.5 Å². The van der Waals surface area contributed by atoms with Crippen molar-refractivity contribution in [3.63, 3.8) is 0 Å². The maximum atomic E-state index is 12.4. The number of carboxylic acids is 1. The lowest BCUT2D eigenvalue weighted by Crippen LogP contribution is -2.48. The summed E-state index contributed by atoms with van der Waals surface area (Å²) in [6.07, 6.45) is 3.15. The van der Waals surface area contributed by atoms with Crippen molar-refractivity contribution < 1.29 is 14.7 Å². The predicted molar refractivity (Wildman–Crippen MR) is 74.0 cm³/mol. The van der Waals surface area contributed by atoms with Gasteiger partial charge in [0.2, 0.25) is 0 Å². The molecule has 0 radical (unpaired) electrons. The van der Waals surface area contributed by atoms with Crippen LogP contribution < -0.4 is 0 Å². The molecule has 0 saturated carbocycles. The average molecular weight is 329 g/mol. The Labute approximate surface area is 120 Å². The number of likely N-dealkylation sites (tertiary alicyclic amines) is 1. The van der Waals surface area contributed by atoms with Gasteiger partial charge in [-0.3, -0.25) is 9.59 Å². The number of nitrogens with zero attached hydrogens (tertiary/aromatic N) is 2. The van der Waals surface area contributed by atoms with Crippen molar-refractivity contribution in [3.8, 4) is 0 Å². The maximum absolute atomic E-state index is 12.4. The molecule has 5 nitrogen and oxygen atoms in total. The van der Waals surface area contributed by atoms with Crippen LogP contribution in [0.1, 0.15) is 30.3 Å². The second-order valence-corrected chi connectivity index (χ2v) is 6.27. The van der Waals surface area contributed by atoms with E-state index >= 15 is 0 Å². The van der Waals surface area contributed by atoms with Crippen molar-refractivity contribution in [2.45, 2.75) is 19.8 Å². The Morgan fingerprint density at radius 2 is 2.16 bits per heavy atom. The fraction of sp³-hybridized carbons (Fsp3) is 0.538. The molecule has 1 aromatic rings. The van der Waals surface area contributed by atoms with Gasteiger partial charge in [-0.25, -0.2) is 0 Å². The number of rotatable bonds is 2. The van der Waals surface area contributed by atoms with Gasteiger partial charge in [-0.1, -0.05) is 0 Å². The summed E-state index contributed by atoms with van der Waals surface area (Å²) in [4.78, 5) is 25.4. The molecule has 0 bridgehead atoms. The summed E-state index contributed by atoms with van der Waals surface area (Å²) in [5.74, 6) is -0.946. The van der Waals surface area contributed by atoms with E-state index in [1.807, 2.05) is 6.20 Å². The number of carbonyl (C=O) groups excluding carboxylic acids is 1. The van der Waals surface area contributed by atoms with Gasteiger partial charge in [0, 0.05) is 30.8 Å². The number of halogens is 1. The van der Waals surface area contributed by atoms with E-state index in [9.17, 15) is 14.7 Å². The minimum absolute atomic E-state index is 0.111. The van der Waals surface area contributed by atoms with Crippen LogP contribution >= 0.6 is 15.9 Å². The van der Waals surface area contributed by atoms with Gasteiger partial charge >= 0.3 is 5.97 Å². The van der Waals surface area contributed by atoms with E-state index in [1.165, 1.54) is 0 Å². The molecule has 1 aliphatic heterocycles. The molecular weight excluding hydrogens is 312 g/mol. The quantitative estimate of drug-likeness (QED) is 0.904. The van der Waals surface area contributed by atoms with E-state index < -0.39 is 11.4 Å². The molecule has 6 heteroatoms. The van der Waals surface area contributed by atoms with Crippen LogP contribution in [0.3, 0.4) is 0 Å². The number of carboxylic acid groups (broad SMARTS) is 1. The van der Waals surface area contributed by atoms with E-state index in [1.54, 1.807) is 29.5 Å². The van der Waals surface area contributed by atoms with Crippen molar-refractivity contribution in [2.24, 2.45) is 12.5 Å². The molecule has 0 spiro atoms. The summed E-state index contributed by atoms with van der Waals surface area (Å²) in [6.45, 7) is 2.59. The first-order chi connectivity index (χ1) is 8.83. The van der Waals surface area contributed by atoms with Gasteiger partial charge in [0.1, 0.15) is 5.69 Å². The van der Waals surface area contributed by atoms with Crippen LogP contribution in [0.2, 0.25) is 0 Å². The highest BCUT2D eigenvalue weighted by Crippen LogP contribution is 2.30. The molecule has 1 aromatic heterocycles. The Bertz CT molecular complexity index is 526. The highest BCUT2D eigenvalue weighted by atomic mass is 79.9. The fourth-order valence-corrected chi connectivity index (χ4v) is 3.01. The SMILES string of the molecule is Cn1cc(Br)cc1C(=O)N1CCCC(C)(C(=O)O)C1. The second kappa shape index (κ2) is 5.00. The Morgan fingerprint density at radius 1 is 1.47 bits per heavy atom. The highest BCUT2D eigenvalue weighted by molar-refractivity contribution is 9.10. The third-order valence-corrected chi connectivity index (χ3v) is 4.12. The third-order valence-electron chi connectivity index (χ3n) is 3.69. The van der Waals surface area contributed by atoms with Gasteiger partial charge in [-0.2, -0.15) is 0 Å². The molecule has 2 rings (SSSR count). The summed E-state index contributed by atoms with van der Waals surface area (Å²) in [5, 5.41) is 9.28. The normalized spacial score (nSPS) is 23.4. The van der Waals surface area contributed by atoms with E-state index in [4.69, 9.17) is 0 Å². The van der Waals surface area contributed by atoms with Gasteiger partial charge < -0.3 is 14.6 Å². The minimum atomic E-state index is -0.837. The highest BCUT2D eigenvalue weighted by Gasteiger charge is 2.39. The summed E-state index contributed by atoms with van der Waals surface area (Å²) < 4.78 is 2.59. The molecule has 1 amide bonds. The minimum Gasteiger partial charge on any atom is -0.481 e. The molecule has 0 aliphatic carbocycles. The zero-order valence-electron chi connectivity index (χ0n) is 11.0. The number of amides is 1. The molecule has 104 valence electrons. The van der Waals surface area contributed by atoms with Crippen LogP contribution in [-0.2, 0) is 11.8 Å². The number of aromatic nitrogens is 1. The molecular formula is C13H17BrN2O3. The maximum Gasteiger partial charge on any atom is 0.311 e. The van der Waals surface area contributed by atoms with Crippen molar-refractivity contribution in [1.29, 1.82) is 0 Å². The number of aryl methyl sites for hydroxylation is 1. The molecule has 2 heterocycles. The molecule has 1 atom stereocenters. The molecule has 1 fully saturated rings.